The first-order valence-electron chi connectivity index (χ1n) is 8.93. The van der Waals surface area contributed by atoms with Crippen LogP contribution in [0.1, 0.15) is 25.3 Å². The fraction of sp³-hybridized carbons (Fsp3) is 0.400. The van der Waals surface area contributed by atoms with E-state index in [9.17, 15) is 19.2 Å². The standard InChI is InChI=1S/C20H22N2O5/c1-12-6-5-7-14(10-12)21-17(23)11-27-20(26)13(2)22-18(24)15-8-3-4-9-16(15)19(22)25/h3-7,10,13,15-16H,8-9,11H2,1-2H3,(H,21,23)/t13-,15-,16-/m0/s1. The highest BCUT2D eigenvalue weighted by Gasteiger charge is 2.50. The molecule has 0 aromatic heterocycles. The van der Waals surface area contributed by atoms with Gasteiger partial charge in [0, 0.05) is 5.69 Å². The Bertz CT molecular complexity index is 790. The van der Waals surface area contributed by atoms with E-state index in [0.717, 1.165) is 10.5 Å². The summed E-state index contributed by atoms with van der Waals surface area (Å²) in [5.74, 6) is -2.75. The Morgan fingerprint density at radius 2 is 1.81 bits per heavy atom. The van der Waals surface area contributed by atoms with Crippen LogP contribution in [-0.4, -0.2) is 41.2 Å². The van der Waals surface area contributed by atoms with Crippen molar-refractivity contribution >= 4 is 29.4 Å². The normalized spacial score (nSPS) is 22.4. The molecule has 1 saturated heterocycles. The molecule has 3 rings (SSSR count). The highest BCUT2D eigenvalue weighted by Crippen LogP contribution is 2.36. The maximum Gasteiger partial charge on any atom is 0.329 e. The Hall–Kier alpha value is -2.96. The number of fused-ring (bicyclic) bond motifs is 1. The Morgan fingerprint density at radius 3 is 2.41 bits per heavy atom. The number of anilines is 1. The average molecular weight is 370 g/mol. The molecular weight excluding hydrogens is 348 g/mol. The van der Waals surface area contributed by atoms with Gasteiger partial charge in [0.2, 0.25) is 11.8 Å². The number of likely N-dealkylation sites (tertiary alicyclic amines) is 1. The summed E-state index contributed by atoms with van der Waals surface area (Å²) in [4.78, 5) is 50.2. The molecule has 3 atom stereocenters. The number of imide groups is 1. The van der Waals surface area contributed by atoms with Gasteiger partial charge in [-0.15, -0.1) is 0 Å². The number of hydrogen-bond donors (Lipinski definition) is 1. The topological polar surface area (TPSA) is 92.8 Å². The Balaban J connectivity index is 1.55. The van der Waals surface area contributed by atoms with Crippen molar-refractivity contribution in [2.75, 3.05) is 11.9 Å². The van der Waals surface area contributed by atoms with Gasteiger partial charge in [0.15, 0.2) is 6.61 Å². The molecule has 2 aliphatic rings. The SMILES string of the molecule is Cc1cccc(NC(=O)COC(=O)[C@H](C)N2C(=O)[C@H]3CC=CC[C@@H]3C2=O)c1. The summed E-state index contributed by atoms with van der Waals surface area (Å²) in [6.07, 6.45) is 4.78. The third-order valence-electron chi connectivity index (χ3n) is 4.92. The van der Waals surface area contributed by atoms with Crippen LogP contribution in [0, 0.1) is 18.8 Å². The van der Waals surface area contributed by atoms with Crippen LogP contribution in [0.3, 0.4) is 0 Å². The van der Waals surface area contributed by atoms with Crippen LogP contribution in [0.2, 0.25) is 0 Å². The van der Waals surface area contributed by atoms with Crippen LogP contribution in [0.4, 0.5) is 5.69 Å². The van der Waals surface area contributed by atoms with Gasteiger partial charge in [-0.1, -0.05) is 24.3 Å². The molecule has 1 aliphatic carbocycles. The largest absolute Gasteiger partial charge is 0.454 e. The number of nitrogens with zero attached hydrogens (tertiary/aromatic N) is 1. The number of allylic oxidation sites excluding steroid dienone is 2. The van der Waals surface area contributed by atoms with Gasteiger partial charge in [-0.05, 0) is 44.4 Å². The summed E-state index contributed by atoms with van der Waals surface area (Å²) < 4.78 is 5.02. The number of carbonyl (C=O) groups excluding carboxylic acids is 4. The second-order valence-electron chi connectivity index (χ2n) is 6.90. The molecule has 0 bridgehead atoms. The summed E-state index contributed by atoms with van der Waals surface area (Å²) in [6.45, 7) is 2.86. The highest BCUT2D eigenvalue weighted by molar-refractivity contribution is 6.08. The fourth-order valence-corrected chi connectivity index (χ4v) is 3.49. The van der Waals surface area contributed by atoms with Crippen molar-refractivity contribution in [2.45, 2.75) is 32.7 Å². The van der Waals surface area contributed by atoms with Crippen molar-refractivity contribution < 1.29 is 23.9 Å². The number of hydrogen-bond acceptors (Lipinski definition) is 5. The molecule has 7 heteroatoms. The monoisotopic (exact) mass is 370 g/mol. The van der Waals surface area contributed by atoms with Gasteiger partial charge in [-0.25, -0.2) is 4.79 Å². The van der Waals surface area contributed by atoms with E-state index in [0.29, 0.717) is 18.5 Å². The van der Waals surface area contributed by atoms with Gasteiger partial charge in [-0.2, -0.15) is 0 Å². The summed E-state index contributed by atoms with van der Waals surface area (Å²) in [5, 5.41) is 2.63. The zero-order chi connectivity index (χ0) is 19.6. The lowest BCUT2D eigenvalue weighted by Gasteiger charge is -2.21. The molecule has 7 nitrogen and oxygen atoms in total. The van der Waals surface area contributed by atoms with Gasteiger partial charge in [0.05, 0.1) is 11.8 Å². The molecule has 27 heavy (non-hydrogen) atoms. The lowest BCUT2D eigenvalue weighted by atomic mass is 9.85. The summed E-state index contributed by atoms with van der Waals surface area (Å²) in [7, 11) is 0. The molecule has 0 saturated carbocycles. The van der Waals surface area contributed by atoms with Crippen molar-refractivity contribution in [1.29, 1.82) is 0 Å². The lowest BCUT2D eigenvalue weighted by molar-refractivity contribution is -0.159. The van der Waals surface area contributed by atoms with E-state index in [-0.39, 0.29) is 11.8 Å². The number of nitrogens with one attached hydrogen (secondary N) is 1. The predicted molar refractivity (Wildman–Crippen MR) is 97.4 cm³/mol. The third-order valence-corrected chi connectivity index (χ3v) is 4.92. The second kappa shape index (κ2) is 7.73. The zero-order valence-corrected chi connectivity index (χ0v) is 15.3. The van der Waals surface area contributed by atoms with Crippen LogP contribution in [0.25, 0.3) is 0 Å². The van der Waals surface area contributed by atoms with Gasteiger partial charge in [0.1, 0.15) is 6.04 Å². The number of amides is 3. The van der Waals surface area contributed by atoms with E-state index in [1.807, 2.05) is 25.1 Å². The Kier molecular flexibility index (Phi) is 5.39. The van der Waals surface area contributed by atoms with Crippen molar-refractivity contribution in [2.24, 2.45) is 11.8 Å². The van der Waals surface area contributed by atoms with Gasteiger partial charge < -0.3 is 10.1 Å². The third kappa shape index (κ3) is 3.92. The summed E-state index contributed by atoms with van der Waals surface area (Å²) in [5.41, 5.74) is 1.59. The maximum absolute atomic E-state index is 12.5. The van der Waals surface area contributed by atoms with E-state index in [1.165, 1.54) is 6.92 Å². The van der Waals surface area contributed by atoms with E-state index in [4.69, 9.17) is 4.74 Å². The summed E-state index contributed by atoms with van der Waals surface area (Å²) in [6, 6.07) is 6.17. The van der Waals surface area contributed by atoms with Crippen LogP contribution in [-0.2, 0) is 23.9 Å². The van der Waals surface area contributed by atoms with Gasteiger partial charge >= 0.3 is 5.97 Å². The van der Waals surface area contributed by atoms with Crippen LogP contribution in [0.5, 0.6) is 0 Å². The number of esters is 1. The van der Waals surface area contributed by atoms with Gasteiger partial charge in [-0.3, -0.25) is 19.3 Å². The molecule has 1 aromatic carbocycles. The molecule has 1 aliphatic heterocycles. The van der Waals surface area contributed by atoms with Crippen molar-refractivity contribution in [1.82, 2.24) is 4.90 Å². The van der Waals surface area contributed by atoms with Crippen molar-refractivity contribution in [3.05, 3.63) is 42.0 Å². The Morgan fingerprint density at radius 1 is 1.19 bits per heavy atom. The van der Waals surface area contributed by atoms with E-state index in [1.54, 1.807) is 18.2 Å². The minimum Gasteiger partial charge on any atom is -0.454 e. The van der Waals surface area contributed by atoms with Crippen molar-refractivity contribution in [3.8, 4) is 0 Å². The van der Waals surface area contributed by atoms with Gasteiger partial charge in [0.25, 0.3) is 5.91 Å². The molecule has 0 radical (unpaired) electrons. The summed E-state index contributed by atoms with van der Waals surface area (Å²) >= 11 is 0. The Labute approximate surface area is 157 Å². The van der Waals surface area contributed by atoms with E-state index < -0.39 is 36.4 Å². The molecule has 0 spiro atoms. The first kappa shape index (κ1) is 18.8. The molecular formula is C20H22N2O5. The maximum atomic E-state index is 12.5. The average Bonchev–Trinajstić information content (AvgIpc) is 2.90. The first-order chi connectivity index (χ1) is 12.9. The zero-order valence-electron chi connectivity index (χ0n) is 15.3. The number of ether oxygens (including phenoxy) is 1. The predicted octanol–water partition coefficient (Wildman–Crippen LogP) is 1.82. The number of carbonyl (C=O) groups is 4. The fourth-order valence-electron chi connectivity index (χ4n) is 3.49. The van der Waals surface area contributed by atoms with E-state index >= 15 is 0 Å². The minimum atomic E-state index is -1.05. The number of benzene rings is 1. The number of rotatable bonds is 5. The molecule has 1 heterocycles. The second-order valence-corrected chi connectivity index (χ2v) is 6.90. The molecule has 142 valence electrons. The quantitative estimate of drug-likeness (QED) is 0.485. The van der Waals surface area contributed by atoms with Crippen LogP contribution in [0.15, 0.2) is 36.4 Å². The molecule has 3 amide bonds. The lowest BCUT2D eigenvalue weighted by Crippen LogP contribution is -2.45. The van der Waals surface area contributed by atoms with Crippen molar-refractivity contribution in [3.63, 3.8) is 0 Å². The first-order valence-corrected chi connectivity index (χ1v) is 8.93. The smallest absolute Gasteiger partial charge is 0.329 e. The minimum absolute atomic E-state index is 0.344. The van der Waals surface area contributed by atoms with Crippen LogP contribution >= 0.6 is 0 Å². The number of aryl methyl sites for hydroxylation is 1. The van der Waals surface area contributed by atoms with Crippen LogP contribution < -0.4 is 5.32 Å². The molecule has 1 fully saturated rings. The molecule has 1 aromatic rings. The van der Waals surface area contributed by atoms with E-state index in [2.05, 4.69) is 5.32 Å². The highest BCUT2D eigenvalue weighted by atomic mass is 16.5. The molecule has 0 unspecified atom stereocenters. The molecule has 1 N–H and O–H groups in total.